The van der Waals surface area contributed by atoms with Crippen LogP contribution in [-0.2, 0) is 23.3 Å². The van der Waals surface area contributed by atoms with Crippen LogP contribution in [0.1, 0.15) is 86.0 Å². The molecule has 0 amide bonds. The van der Waals surface area contributed by atoms with Crippen molar-refractivity contribution in [3.8, 4) is 0 Å². The van der Waals surface area contributed by atoms with E-state index in [0.717, 1.165) is 32.1 Å². The molecule has 0 radical (unpaired) electrons. The van der Waals surface area contributed by atoms with Crippen LogP contribution in [0.15, 0.2) is 0 Å². The van der Waals surface area contributed by atoms with Crippen molar-refractivity contribution in [3.63, 3.8) is 0 Å². The van der Waals surface area contributed by atoms with Gasteiger partial charge in [0.15, 0.2) is 0 Å². The Bertz CT molecular complexity index is 709. The van der Waals surface area contributed by atoms with Crippen LogP contribution in [0.2, 0.25) is 0 Å². The summed E-state index contributed by atoms with van der Waals surface area (Å²) in [7, 11) is -5.94. The minimum absolute atomic E-state index is 0.0755. The summed E-state index contributed by atoms with van der Waals surface area (Å²) in [4.78, 5) is 25.3. The quantitative estimate of drug-likeness (QED) is 0.369. The van der Waals surface area contributed by atoms with E-state index in [1.807, 2.05) is 27.7 Å². The Kier molecular flexibility index (Phi) is 8.05. The molecule has 0 saturated heterocycles. The second-order valence-corrected chi connectivity index (χ2v) is 14.8. The molecule has 2 fully saturated rings. The number of carbonyl (C=O) groups excluding carboxylic acids is 2. The van der Waals surface area contributed by atoms with Crippen LogP contribution in [0.3, 0.4) is 0 Å². The van der Waals surface area contributed by atoms with Gasteiger partial charge < -0.3 is 0 Å². The van der Waals surface area contributed by atoms with Gasteiger partial charge >= 0.3 is 0 Å². The highest BCUT2D eigenvalue weighted by atomic mass is 32.3. The van der Waals surface area contributed by atoms with E-state index in [0.29, 0.717) is 30.8 Å². The monoisotopic (exact) mass is 448 g/mol. The third-order valence-electron chi connectivity index (χ3n) is 7.60. The van der Waals surface area contributed by atoms with Crippen molar-refractivity contribution in [2.24, 2.45) is 16.7 Å². The van der Waals surface area contributed by atoms with E-state index in [4.69, 9.17) is 3.63 Å². The van der Waals surface area contributed by atoms with Crippen LogP contribution < -0.4 is 0 Å². The van der Waals surface area contributed by atoms with Crippen molar-refractivity contribution >= 4 is 32.0 Å². The summed E-state index contributed by atoms with van der Waals surface area (Å²) in [5, 5.41) is 0. The molecule has 7 heteroatoms. The van der Waals surface area contributed by atoms with Crippen LogP contribution in [0.4, 0.5) is 0 Å². The van der Waals surface area contributed by atoms with Crippen molar-refractivity contribution in [1.82, 2.24) is 0 Å². The summed E-state index contributed by atoms with van der Waals surface area (Å²) in [5.41, 5.74) is -1.14. The smallest absolute Gasteiger partial charge is 0.277 e. The fourth-order valence-electron chi connectivity index (χ4n) is 5.30. The van der Waals surface area contributed by atoms with Crippen molar-refractivity contribution in [2.75, 3.05) is 23.0 Å². The fraction of sp³-hybridized carbons (Fsp3) is 0.909. The third-order valence-corrected chi connectivity index (χ3v) is 13.4. The largest absolute Gasteiger partial charge is 0.299 e. The van der Waals surface area contributed by atoms with Gasteiger partial charge in [0.25, 0.3) is 10.1 Å². The van der Waals surface area contributed by atoms with Gasteiger partial charge in [0.05, 0.1) is 16.9 Å². The van der Waals surface area contributed by atoms with Gasteiger partial charge in [0.1, 0.15) is 11.6 Å². The SMILES string of the molecule is CCCCCCC(=O)CS(CC)(CC)OS(=O)(=O)CC12CCC(CC1=O)C2(C)C. The summed E-state index contributed by atoms with van der Waals surface area (Å²) >= 11 is 0. The molecule has 0 N–H and O–H groups in total. The molecule has 2 rings (SSSR count). The van der Waals surface area contributed by atoms with Crippen molar-refractivity contribution in [3.05, 3.63) is 0 Å². The average Bonchev–Trinajstić information content (AvgIpc) is 2.98. The first-order valence-corrected chi connectivity index (χ1v) is 14.9. The maximum Gasteiger partial charge on any atom is 0.277 e. The third kappa shape index (κ3) is 5.09. The van der Waals surface area contributed by atoms with Gasteiger partial charge in [0, 0.05) is 12.8 Å². The standard InChI is InChI=1S/C22H40O5S2/c1-6-9-10-11-12-19(23)16-28(7-2,8-3)27-29(25,26)17-22-14-13-18(15-20(22)24)21(22,4)5/h18H,6-17H2,1-5H3. The molecule has 5 nitrogen and oxygen atoms in total. The lowest BCUT2D eigenvalue weighted by molar-refractivity contribution is -0.128. The Balaban J connectivity index is 2.10. The second-order valence-electron chi connectivity index (χ2n) is 9.47. The van der Waals surface area contributed by atoms with Crippen molar-refractivity contribution in [2.45, 2.75) is 86.0 Å². The molecule has 0 aromatic rings. The molecule has 0 aliphatic heterocycles. The van der Waals surface area contributed by atoms with Crippen LogP contribution >= 0.6 is 10.3 Å². The lowest BCUT2D eigenvalue weighted by Gasteiger charge is -2.39. The summed E-state index contributed by atoms with van der Waals surface area (Å²) in [6.45, 7) is 10.0. The van der Waals surface area contributed by atoms with E-state index in [-0.39, 0.29) is 34.4 Å². The number of fused-ring (bicyclic) bond motifs is 2. The zero-order valence-corrected chi connectivity index (χ0v) is 20.6. The van der Waals surface area contributed by atoms with E-state index in [9.17, 15) is 18.0 Å². The topological polar surface area (TPSA) is 77.5 Å². The zero-order chi connectivity index (χ0) is 21.9. The number of hydrogen-bond donors (Lipinski definition) is 0. The fourth-order valence-corrected chi connectivity index (χ4v) is 11.0. The van der Waals surface area contributed by atoms with E-state index in [1.165, 1.54) is 0 Å². The van der Waals surface area contributed by atoms with Crippen molar-refractivity contribution < 1.29 is 21.6 Å². The lowest BCUT2D eigenvalue weighted by Crippen LogP contribution is -2.43. The minimum atomic E-state index is -3.91. The highest BCUT2D eigenvalue weighted by Crippen LogP contribution is 2.65. The molecule has 2 saturated carbocycles. The Labute approximate surface area is 179 Å². The van der Waals surface area contributed by atoms with E-state index in [2.05, 4.69) is 6.92 Å². The molecule has 2 aliphatic carbocycles. The van der Waals surface area contributed by atoms with Gasteiger partial charge in [-0.25, -0.2) is 3.63 Å². The molecule has 0 aromatic carbocycles. The van der Waals surface area contributed by atoms with Crippen LogP contribution in [0.5, 0.6) is 0 Å². The molecule has 0 spiro atoms. The molecular weight excluding hydrogens is 408 g/mol. The molecule has 0 heterocycles. The number of hydrogen-bond acceptors (Lipinski definition) is 5. The van der Waals surface area contributed by atoms with E-state index >= 15 is 0 Å². The summed E-state index contributed by atoms with van der Waals surface area (Å²) in [5.74, 6) is 1.50. The number of unbranched alkanes of at least 4 members (excludes halogenated alkanes) is 3. The second kappa shape index (κ2) is 9.39. The number of ketones is 2. The first kappa shape index (κ1) is 24.9. The number of rotatable bonds is 13. The number of Topliss-reactive ketones (excluding diaryl/α,β-unsaturated/α-hetero) is 2. The molecule has 0 aromatic heterocycles. The van der Waals surface area contributed by atoms with Gasteiger partial charge in [-0.2, -0.15) is 8.42 Å². The first-order valence-electron chi connectivity index (χ1n) is 11.2. The first-order chi connectivity index (χ1) is 13.5. The van der Waals surface area contributed by atoms with Crippen LogP contribution in [-0.4, -0.2) is 43.0 Å². The van der Waals surface area contributed by atoms with Gasteiger partial charge in [-0.05, 0) is 42.1 Å². The molecule has 2 bridgehead atoms. The van der Waals surface area contributed by atoms with Gasteiger partial charge in [-0.15, -0.1) is 10.3 Å². The van der Waals surface area contributed by atoms with Gasteiger partial charge in [0.2, 0.25) is 0 Å². The predicted molar refractivity (Wildman–Crippen MR) is 121 cm³/mol. The van der Waals surface area contributed by atoms with Crippen molar-refractivity contribution in [1.29, 1.82) is 0 Å². The Morgan fingerprint density at radius 1 is 1.10 bits per heavy atom. The summed E-state index contributed by atoms with van der Waals surface area (Å²) in [6.07, 6.45) is 6.63. The average molecular weight is 449 g/mol. The van der Waals surface area contributed by atoms with Crippen LogP contribution in [0, 0.1) is 16.7 Å². The highest BCUT2D eigenvalue weighted by molar-refractivity contribution is 8.33. The van der Waals surface area contributed by atoms with E-state index < -0.39 is 25.8 Å². The lowest BCUT2D eigenvalue weighted by atomic mass is 9.70. The molecule has 2 atom stereocenters. The Morgan fingerprint density at radius 2 is 1.76 bits per heavy atom. The maximum atomic E-state index is 13.2. The van der Waals surface area contributed by atoms with Gasteiger partial charge in [-0.3, -0.25) is 9.59 Å². The predicted octanol–water partition coefficient (Wildman–Crippen LogP) is 5.03. The summed E-state index contributed by atoms with van der Waals surface area (Å²) < 4.78 is 32.2. The zero-order valence-electron chi connectivity index (χ0n) is 18.9. The van der Waals surface area contributed by atoms with Crippen LogP contribution in [0.25, 0.3) is 0 Å². The normalized spacial score (nSPS) is 26.8. The number of carbonyl (C=O) groups is 2. The molecular formula is C22H40O5S2. The Hall–Kier alpha value is -0.400. The maximum absolute atomic E-state index is 13.2. The van der Waals surface area contributed by atoms with Gasteiger partial charge in [-0.1, -0.05) is 53.9 Å². The highest BCUT2D eigenvalue weighted by Gasteiger charge is 2.65. The molecule has 29 heavy (non-hydrogen) atoms. The van der Waals surface area contributed by atoms with E-state index in [1.54, 1.807) is 0 Å². The minimum Gasteiger partial charge on any atom is -0.299 e. The Morgan fingerprint density at radius 3 is 2.24 bits per heavy atom. The molecule has 2 unspecified atom stereocenters. The molecule has 2 aliphatic rings. The molecule has 170 valence electrons. The summed E-state index contributed by atoms with van der Waals surface area (Å²) in [6, 6.07) is 0.